The van der Waals surface area contributed by atoms with Gasteiger partial charge in [-0.15, -0.1) is 0 Å². The van der Waals surface area contributed by atoms with Gasteiger partial charge >= 0.3 is 0 Å². The predicted molar refractivity (Wildman–Crippen MR) is 108 cm³/mol. The van der Waals surface area contributed by atoms with Gasteiger partial charge in [0, 0.05) is 31.1 Å². The SMILES string of the molecule is O=CC1c2ccccc2CN1CC1CCN(Cc2noc3cc(F)ccc23)CC1. The van der Waals surface area contributed by atoms with Gasteiger partial charge in [-0.05, 0) is 55.1 Å². The number of nitrogens with zero attached hydrogens (tertiary/aromatic N) is 3. The summed E-state index contributed by atoms with van der Waals surface area (Å²) in [5, 5.41) is 5.03. The summed E-state index contributed by atoms with van der Waals surface area (Å²) in [6.07, 6.45) is 3.28. The average molecular weight is 393 g/mol. The number of fused-ring (bicyclic) bond motifs is 2. The molecule has 1 atom stereocenters. The molecule has 1 unspecified atom stereocenters. The highest BCUT2D eigenvalue weighted by Crippen LogP contribution is 2.34. The van der Waals surface area contributed by atoms with Crippen LogP contribution >= 0.6 is 0 Å². The van der Waals surface area contributed by atoms with Crippen molar-refractivity contribution in [2.45, 2.75) is 32.0 Å². The first-order valence-electron chi connectivity index (χ1n) is 10.2. The van der Waals surface area contributed by atoms with Crippen molar-refractivity contribution in [1.82, 2.24) is 15.0 Å². The van der Waals surface area contributed by atoms with E-state index in [2.05, 4.69) is 27.1 Å². The van der Waals surface area contributed by atoms with E-state index in [1.54, 1.807) is 6.07 Å². The van der Waals surface area contributed by atoms with Crippen LogP contribution in [-0.4, -0.2) is 40.9 Å². The molecule has 0 saturated carbocycles. The molecular formula is C23H24FN3O2. The number of likely N-dealkylation sites (tertiary alicyclic amines) is 1. The molecule has 5 rings (SSSR count). The Morgan fingerprint density at radius 2 is 2.00 bits per heavy atom. The van der Waals surface area contributed by atoms with Gasteiger partial charge in [0.05, 0.1) is 6.04 Å². The van der Waals surface area contributed by atoms with Crippen LogP contribution in [0.25, 0.3) is 11.0 Å². The molecule has 3 aromatic rings. The number of benzene rings is 2. The molecule has 0 aliphatic carbocycles. The molecule has 5 nitrogen and oxygen atoms in total. The number of hydrogen-bond donors (Lipinski definition) is 0. The summed E-state index contributed by atoms with van der Waals surface area (Å²) in [5.41, 5.74) is 3.81. The second-order valence-electron chi connectivity index (χ2n) is 8.20. The minimum atomic E-state index is -0.307. The molecule has 6 heteroatoms. The van der Waals surface area contributed by atoms with E-state index in [4.69, 9.17) is 4.52 Å². The van der Waals surface area contributed by atoms with Crippen molar-refractivity contribution >= 4 is 17.3 Å². The number of aldehydes is 1. The highest BCUT2D eigenvalue weighted by molar-refractivity contribution is 5.79. The van der Waals surface area contributed by atoms with E-state index in [9.17, 15) is 9.18 Å². The van der Waals surface area contributed by atoms with E-state index in [1.807, 2.05) is 12.1 Å². The number of aromatic nitrogens is 1. The largest absolute Gasteiger partial charge is 0.356 e. The number of halogens is 1. The Morgan fingerprint density at radius 1 is 1.17 bits per heavy atom. The van der Waals surface area contributed by atoms with E-state index < -0.39 is 0 Å². The molecule has 3 heterocycles. The van der Waals surface area contributed by atoms with Gasteiger partial charge in [0.15, 0.2) is 5.58 Å². The van der Waals surface area contributed by atoms with Crippen LogP contribution in [0.5, 0.6) is 0 Å². The summed E-state index contributed by atoms with van der Waals surface area (Å²) in [6, 6.07) is 12.7. The smallest absolute Gasteiger partial charge is 0.170 e. The highest BCUT2D eigenvalue weighted by Gasteiger charge is 2.32. The summed E-state index contributed by atoms with van der Waals surface area (Å²) >= 11 is 0. The molecular weight excluding hydrogens is 369 g/mol. The Labute approximate surface area is 169 Å². The maximum absolute atomic E-state index is 13.3. The topological polar surface area (TPSA) is 49.6 Å². The predicted octanol–water partition coefficient (Wildman–Crippen LogP) is 3.93. The third-order valence-electron chi connectivity index (χ3n) is 6.35. The van der Waals surface area contributed by atoms with Crippen LogP contribution in [0.15, 0.2) is 47.0 Å². The number of hydrogen-bond acceptors (Lipinski definition) is 5. The van der Waals surface area contributed by atoms with Gasteiger partial charge < -0.3 is 9.32 Å². The van der Waals surface area contributed by atoms with Gasteiger partial charge in [-0.2, -0.15) is 0 Å². The molecule has 2 aliphatic heterocycles. The van der Waals surface area contributed by atoms with E-state index in [-0.39, 0.29) is 11.9 Å². The molecule has 2 aromatic carbocycles. The van der Waals surface area contributed by atoms with Crippen LogP contribution < -0.4 is 0 Å². The van der Waals surface area contributed by atoms with Crippen molar-refractivity contribution in [3.05, 3.63) is 65.1 Å². The minimum absolute atomic E-state index is 0.105. The van der Waals surface area contributed by atoms with Gasteiger partial charge in [-0.3, -0.25) is 9.80 Å². The molecule has 1 saturated heterocycles. The molecule has 0 amide bonds. The lowest BCUT2D eigenvalue weighted by Crippen LogP contribution is -2.38. The summed E-state index contributed by atoms with van der Waals surface area (Å²) in [7, 11) is 0. The molecule has 0 N–H and O–H groups in total. The first kappa shape index (κ1) is 18.5. The summed E-state index contributed by atoms with van der Waals surface area (Å²) < 4.78 is 18.6. The Hall–Kier alpha value is -2.57. The Balaban J connectivity index is 1.18. The number of carbonyl (C=O) groups excluding carboxylic acids is 1. The third kappa shape index (κ3) is 3.58. The van der Waals surface area contributed by atoms with Crippen molar-refractivity contribution in [3.63, 3.8) is 0 Å². The van der Waals surface area contributed by atoms with Gasteiger partial charge in [-0.25, -0.2) is 4.39 Å². The monoisotopic (exact) mass is 393 g/mol. The normalized spacial score (nSPS) is 20.9. The molecule has 1 aromatic heterocycles. The second-order valence-corrected chi connectivity index (χ2v) is 8.20. The number of carbonyl (C=O) groups is 1. The zero-order valence-corrected chi connectivity index (χ0v) is 16.3. The Bertz CT molecular complexity index is 1030. The first-order valence-corrected chi connectivity index (χ1v) is 10.2. The van der Waals surface area contributed by atoms with Crippen LogP contribution in [0.2, 0.25) is 0 Å². The fraction of sp³-hybridized carbons (Fsp3) is 0.391. The van der Waals surface area contributed by atoms with Crippen LogP contribution in [0.3, 0.4) is 0 Å². The van der Waals surface area contributed by atoms with Crippen LogP contribution in [0.1, 0.15) is 35.7 Å². The van der Waals surface area contributed by atoms with E-state index in [1.165, 1.54) is 17.7 Å². The fourth-order valence-corrected chi connectivity index (χ4v) is 4.77. The van der Waals surface area contributed by atoms with Gasteiger partial charge in [0.1, 0.15) is 17.8 Å². The van der Waals surface area contributed by atoms with Gasteiger partial charge in [0.25, 0.3) is 0 Å². The maximum Gasteiger partial charge on any atom is 0.170 e. The van der Waals surface area contributed by atoms with Crippen LogP contribution in [0, 0.1) is 11.7 Å². The summed E-state index contributed by atoms with van der Waals surface area (Å²) in [5.74, 6) is 0.282. The molecule has 0 spiro atoms. The van der Waals surface area contributed by atoms with E-state index in [0.717, 1.165) is 68.5 Å². The fourth-order valence-electron chi connectivity index (χ4n) is 4.77. The molecule has 29 heavy (non-hydrogen) atoms. The third-order valence-corrected chi connectivity index (χ3v) is 6.35. The van der Waals surface area contributed by atoms with Crippen LogP contribution in [-0.2, 0) is 17.9 Å². The van der Waals surface area contributed by atoms with Crippen molar-refractivity contribution in [1.29, 1.82) is 0 Å². The van der Waals surface area contributed by atoms with Gasteiger partial charge in [0.2, 0.25) is 0 Å². The minimum Gasteiger partial charge on any atom is -0.356 e. The lowest BCUT2D eigenvalue weighted by atomic mass is 9.95. The zero-order chi connectivity index (χ0) is 19.8. The maximum atomic E-state index is 13.3. The van der Waals surface area contributed by atoms with E-state index >= 15 is 0 Å². The van der Waals surface area contributed by atoms with Gasteiger partial charge in [-0.1, -0.05) is 29.4 Å². The molecule has 1 fully saturated rings. The average Bonchev–Trinajstić information content (AvgIpc) is 3.29. The zero-order valence-electron chi connectivity index (χ0n) is 16.3. The summed E-state index contributed by atoms with van der Waals surface area (Å²) in [4.78, 5) is 16.4. The molecule has 0 bridgehead atoms. The quantitative estimate of drug-likeness (QED) is 0.615. The van der Waals surface area contributed by atoms with E-state index in [0.29, 0.717) is 11.5 Å². The number of rotatable bonds is 5. The number of piperidine rings is 1. The van der Waals surface area contributed by atoms with Crippen molar-refractivity contribution < 1.29 is 13.7 Å². The second kappa shape index (κ2) is 7.69. The van der Waals surface area contributed by atoms with Crippen molar-refractivity contribution in [2.24, 2.45) is 5.92 Å². The lowest BCUT2D eigenvalue weighted by molar-refractivity contribution is -0.112. The van der Waals surface area contributed by atoms with Crippen molar-refractivity contribution in [2.75, 3.05) is 19.6 Å². The van der Waals surface area contributed by atoms with Crippen LogP contribution in [0.4, 0.5) is 4.39 Å². The Morgan fingerprint density at radius 3 is 2.83 bits per heavy atom. The van der Waals surface area contributed by atoms with Crippen molar-refractivity contribution in [3.8, 4) is 0 Å². The molecule has 2 aliphatic rings. The molecule has 150 valence electrons. The first-order chi connectivity index (χ1) is 14.2. The Kier molecular flexibility index (Phi) is 4.89. The standard InChI is InChI=1S/C23H24FN3O2/c24-18-5-6-20-21(25-29-23(20)11-18)14-26-9-7-16(8-10-26)12-27-13-17-3-1-2-4-19(17)22(27)15-28/h1-6,11,15-16,22H,7-10,12-14H2. The summed E-state index contributed by atoms with van der Waals surface area (Å²) in [6.45, 7) is 4.52. The lowest BCUT2D eigenvalue weighted by Gasteiger charge is -2.34. The highest BCUT2D eigenvalue weighted by atomic mass is 19.1. The molecule has 0 radical (unpaired) electrons.